The number of benzene rings is 1. The second-order valence-electron chi connectivity index (χ2n) is 5.80. The van der Waals surface area contributed by atoms with Crippen LogP contribution in [0.5, 0.6) is 0 Å². The predicted molar refractivity (Wildman–Crippen MR) is 94.9 cm³/mol. The maximum atomic E-state index is 13.5. The van der Waals surface area contributed by atoms with E-state index in [2.05, 4.69) is 15.4 Å². The summed E-state index contributed by atoms with van der Waals surface area (Å²) in [6.07, 6.45) is -3.23. The Morgan fingerprint density at radius 1 is 1.18 bits per heavy atom. The van der Waals surface area contributed by atoms with Crippen LogP contribution in [0.15, 0.2) is 42.6 Å². The van der Waals surface area contributed by atoms with E-state index in [1.807, 2.05) is 6.92 Å². The third-order valence-corrected chi connectivity index (χ3v) is 3.99. The Morgan fingerprint density at radius 2 is 1.93 bits per heavy atom. The first-order chi connectivity index (χ1) is 13.2. The summed E-state index contributed by atoms with van der Waals surface area (Å²) in [5.74, 6) is -1.58. The van der Waals surface area contributed by atoms with Crippen molar-refractivity contribution in [2.45, 2.75) is 19.6 Å². The molecule has 0 radical (unpaired) electrons. The first kappa shape index (κ1) is 19.3. The highest BCUT2D eigenvalue weighted by atomic mass is 19.4. The SMILES string of the molecule is CCn1nccc1C(=O)Nc1ccc(-c2cc(F)ccc2C(F)(F)F)c(N)n1. The number of halogens is 4. The molecule has 0 atom stereocenters. The number of nitrogens with one attached hydrogen (secondary N) is 1. The first-order valence-corrected chi connectivity index (χ1v) is 8.17. The molecule has 1 aromatic carbocycles. The van der Waals surface area contributed by atoms with Gasteiger partial charge in [0.1, 0.15) is 23.1 Å². The molecule has 3 aromatic rings. The number of carbonyl (C=O) groups excluding carboxylic acids is 1. The third kappa shape index (κ3) is 3.80. The fraction of sp³-hybridized carbons (Fsp3) is 0.167. The lowest BCUT2D eigenvalue weighted by atomic mass is 9.99. The molecule has 0 saturated carbocycles. The smallest absolute Gasteiger partial charge is 0.383 e. The number of amides is 1. The Balaban J connectivity index is 1.94. The summed E-state index contributed by atoms with van der Waals surface area (Å²) in [6.45, 7) is 2.29. The number of pyridine rings is 1. The topological polar surface area (TPSA) is 85.8 Å². The lowest BCUT2D eigenvalue weighted by Gasteiger charge is -2.15. The predicted octanol–water partition coefficient (Wildman–Crippen LogP) is 3.96. The van der Waals surface area contributed by atoms with Gasteiger partial charge in [-0.2, -0.15) is 18.3 Å². The van der Waals surface area contributed by atoms with E-state index in [1.54, 1.807) is 0 Å². The zero-order valence-corrected chi connectivity index (χ0v) is 14.6. The fourth-order valence-electron chi connectivity index (χ4n) is 2.72. The van der Waals surface area contributed by atoms with Gasteiger partial charge >= 0.3 is 6.18 Å². The molecule has 0 aliphatic heterocycles. The van der Waals surface area contributed by atoms with Crippen molar-refractivity contribution in [1.29, 1.82) is 0 Å². The number of alkyl halides is 3. The van der Waals surface area contributed by atoms with Gasteiger partial charge in [-0.15, -0.1) is 0 Å². The minimum absolute atomic E-state index is 0.0417. The normalized spacial score (nSPS) is 11.5. The van der Waals surface area contributed by atoms with Crippen LogP contribution in [0.25, 0.3) is 11.1 Å². The summed E-state index contributed by atoms with van der Waals surface area (Å²) >= 11 is 0. The van der Waals surface area contributed by atoms with Crippen molar-refractivity contribution >= 4 is 17.5 Å². The van der Waals surface area contributed by atoms with Gasteiger partial charge in [0.15, 0.2) is 0 Å². The van der Waals surface area contributed by atoms with Crippen molar-refractivity contribution in [1.82, 2.24) is 14.8 Å². The van der Waals surface area contributed by atoms with Gasteiger partial charge < -0.3 is 11.1 Å². The average Bonchev–Trinajstić information content (AvgIpc) is 3.09. The highest BCUT2D eigenvalue weighted by Crippen LogP contribution is 2.39. The molecule has 2 aromatic heterocycles. The molecule has 0 unspecified atom stereocenters. The number of aryl methyl sites for hydroxylation is 1. The largest absolute Gasteiger partial charge is 0.417 e. The van der Waals surface area contributed by atoms with Crippen LogP contribution in [-0.4, -0.2) is 20.7 Å². The highest BCUT2D eigenvalue weighted by Gasteiger charge is 2.34. The van der Waals surface area contributed by atoms with Crippen molar-refractivity contribution in [2.75, 3.05) is 11.1 Å². The number of nitrogen functional groups attached to an aromatic ring is 1. The van der Waals surface area contributed by atoms with E-state index < -0.39 is 29.0 Å². The molecular formula is C18H15F4N5O. The van der Waals surface area contributed by atoms with Gasteiger partial charge in [0.05, 0.1) is 5.56 Å². The van der Waals surface area contributed by atoms with Crippen LogP contribution in [0.2, 0.25) is 0 Å². The van der Waals surface area contributed by atoms with Crippen LogP contribution < -0.4 is 11.1 Å². The molecule has 10 heteroatoms. The monoisotopic (exact) mass is 393 g/mol. The molecular weight excluding hydrogens is 378 g/mol. The van der Waals surface area contributed by atoms with Crippen LogP contribution in [0.4, 0.5) is 29.2 Å². The van der Waals surface area contributed by atoms with Crippen LogP contribution in [0, 0.1) is 5.82 Å². The van der Waals surface area contributed by atoms with E-state index in [0.717, 1.165) is 12.1 Å². The minimum atomic E-state index is -4.69. The number of carbonyl (C=O) groups is 1. The van der Waals surface area contributed by atoms with Crippen LogP contribution >= 0.6 is 0 Å². The Bertz CT molecular complexity index is 1030. The molecule has 0 bridgehead atoms. The second-order valence-corrected chi connectivity index (χ2v) is 5.80. The zero-order valence-electron chi connectivity index (χ0n) is 14.6. The summed E-state index contributed by atoms with van der Waals surface area (Å²) < 4.78 is 54.7. The molecule has 6 nitrogen and oxygen atoms in total. The quantitative estimate of drug-likeness (QED) is 0.657. The number of anilines is 2. The third-order valence-electron chi connectivity index (χ3n) is 3.99. The number of nitrogens with two attached hydrogens (primary N) is 1. The summed E-state index contributed by atoms with van der Waals surface area (Å²) in [7, 11) is 0. The second kappa shape index (κ2) is 7.29. The van der Waals surface area contributed by atoms with Gasteiger partial charge in [0.2, 0.25) is 0 Å². The number of rotatable bonds is 4. The van der Waals surface area contributed by atoms with Crippen LogP contribution in [0.1, 0.15) is 23.0 Å². The maximum absolute atomic E-state index is 13.5. The number of aromatic nitrogens is 3. The summed E-state index contributed by atoms with van der Waals surface area (Å²) in [5.41, 5.74) is 4.52. The molecule has 3 N–H and O–H groups in total. The van der Waals surface area contributed by atoms with E-state index in [9.17, 15) is 22.4 Å². The van der Waals surface area contributed by atoms with E-state index in [4.69, 9.17) is 5.73 Å². The zero-order chi connectivity index (χ0) is 20.5. The van der Waals surface area contributed by atoms with E-state index in [1.165, 1.54) is 29.1 Å². The first-order valence-electron chi connectivity index (χ1n) is 8.17. The summed E-state index contributed by atoms with van der Waals surface area (Å²) in [4.78, 5) is 16.2. The molecule has 0 aliphatic rings. The maximum Gasteiger partial charge on any atom is 0.417 e. The molecule has 3 rings (SSSR count). The van der Waals surface area contributed by atoms with Gasteiger partial charge in [0, 0.05) is 23.9 Å². The molecule has 1 amide bonds. The number of nitrogens with zero attached hydrogens (tertiary/aromatic N) is 3. The van der Waals surface area contributed by atoms with Crippen LogP contribution in [-0.2, 0) is 12.7 Å². The van der Waals surface area contributed by atoms with Gasteiger partial charge in [0.25, 0.3) is 5.91 Å². The number of hydrogen-bond acceptors (Lipinski definition) is 4. The lowest BCUT2D eigenvalue weighted by molar-refractivity contribution is -0.137. The summed E-state index contributed by atoms with van der Waals surface area (Å²) in [5, 5.41) is 6.49. The van der Waals surface area contributed by atoms with Gasteiger partial charge in [-0.1, -0.05) is 0 Å². The highest BCUT2D eigenvalue weighted by molar-refractivity contribution is 6.02. The molecule has 28 heavy (non-hydrogen) atoms. The Morgan fingerprint density at radius 3 is 2.57 bits per heavy atom. The van der Waals surface area contributed by atoms with Gasteiger partial charge in [-0.25, -0.2) is 9.37 Å². The Hall–Kier alpha value is -3.43. The lowest BCUT2D eigenvalue weighted by Crippen LogP contribution is -2.18. The molecule has 2 heterocycles. The summed E-state index contributed by atoms with van der Waals surface area (Å²) in [6, 6.07) is 6.17. The Kier molecular flexibility index (Phi) is 5.04. The number of hydrogen-bond donors (Lipinski definition) is 2. The van der Waals surface area contributed by atoms with Crippen molar-refractivity contribution in [3.63, 3.8) is 0 Å². The molecule has 146 valence electrons. The van der Waals surface area contributed by atoms with Crippen molar-refractivity contribution in [3.05, 3.63) is 59.7 Å². The van der Waals surface area contributed by atoms with Crippen molar-refractivity contribution in [3.8, 4) is 11.1 Å². The van der Waals surface area contributed by atoms with Crippen LogP contribution in [0.3, 0.4) is 0 Å². The van der Waals surface area contributed by atoms with Crippen molar-refractivity contribution < 1.29 is 22.4 Å². The minimum Gasteiger partial charge on any atom is -0.383 e. The molecule has 0 saturated heterocycles. The van der Waals surface area contributed by atoms with Gasteiger partial charge in [-0.05, 0) is 43.3 Å². The van der Waals surface area contributed by atoms with E-state index >= 15 is 0 Å². The molecule has 0 fully saturated rings. The fourth-order valence-corrected chi connectivity index (χ4v) is 2.72. The van der Waals surface area contributed by atoms with E-state index in [0.29, 0.717) is 12.6 Å². The van der Waals surface area contributed by atoms with E-state index in [-0.39, 0.29) is 22.9 Å². The molecule has 0 spiro atoms. The van der Waals surface area contributed by atoms with Crippen molar-refractivity contribution in [2.24, 2.45) is 0 Å². The standard InChI is InChI=1S/C18H15F4N5O/c1-2-27-14(7-8-24-27)17(28)26-15-6-4-11(16(23)25-15)12-9-10(19)3-5-13(12)18(20,21)22/h3-9H,2H2,1H3,(H3,23,25,26,28). The van der Waals surface area contributed by atoms with Gasteiger partial charge in [-0.3, -0.25) is 9.48 Å². The Labute approximate surface area is 157 Å². The molecule has 0 aliphatic carbocycles. The average molecular weight is 393 g/mol.